The molecule has 1 unspecified atom stereocenters. The van der Waals surface area contributed by atoms with E-state index in [0.29, 0.717) is 17.4 Å². The van der Waals surface area contributed by atoms with Gasteiger partial charge in [-0.2, -0.15) is 15.1 Å². The number of thiophene rings is 1. The van der Waals surface area contributed by atoms with Crippen molar-refractivity contribution in [2.75, 3.05) is 11.1 Å². The second-order valence-corrected chi connectivity index (χ2v) is 5.92. The molecule has 104 valence electrons. The SMILES string of the molecule is CC(C)C(Nc1nc(N)nc2[nH]ncc12)c1cccs1. The van der Waals surface area contributed by atoms with Crippen LogP contribution in [0.4, 0.5) is 11.8 Å². The lowest BCUT2D eigenvalue weighted by Crippen LogP contribution is -2.17. The molecule has 7 heteroatoms. The maximum atomic E-state index is 5.75. The summed E-state index contributed by atoms with van der Waals surface area (Å²) in [7, 11) is 0. The standard InChI is InChI=1S/C13H16N6S/c1-7(2)10(9-4-3-5-20-9)16-11-8-6-15-19-12(8)18-13(14)17-11/h3-7,10H,1-2H3,(H4,14,15,16,17,18,19). The van der Waals surface area contributed by atoms with Crippen molar-refractivity contribution in [2.45, 2.75) is 19.9 Å². The van der Waals surface area contributed by atoms with Gasteiger partial charge in [0, 0.05) is 4.88 Å². The number of aromatic nitrogens is 4. The van der Waals surface area contributed by atoms with Gasteiger partial charge in [-0.1, -0.05) is 19.9 Å². The van der Waals surface area contributed by atoms with Crippen molar-refractivity contribution in [3.8, 4) is 0 Å². The van der Waals surface area contributed by atoms with Crippen LogP contribution in [-0.2, 0) is 0 Å². The van der Waals surface area contributed by atoms with Crippen LogP contribution in [0.5, 0.6) is 0 Å². The van der Waals surface area contributed by atoms with Gasteiger partial charge in [0.15, 0.2) is 5.65 Å². The number of nitrogens with zero attached hydrogens (tertiary/aromatic N) is 3. The Morgan fingerprint density at radius 2 is 2.20 bits per heavy atom. The van der Waals surface area contributed by atoms with E-state index in [4.69, 9.17) is 5.73 Å². The molecule has 0 fully saturated rings. The summed E-state index contributed by atoms with van der Waals surface area (Å²) < 4.78 is 0. The van der Waals surface area contributed by atoms with Gasteiger partial charge in [0.25, 0.3) is 0 Å². The Morgan fingerprint density at radius 1 is 1.35 bits per heavy atom. The molecule has 0 aliphatic rings. The number of H-pyrrole nitrogens is 1. The maximum Gasteiger partial charge on any atom is 0.224 e. The Hall–Kier alpha value is -2.15. The van der Waals surface area contributed by atoms with Gasteiger partial charge in [-0.25, -0.2) is 0 Å². The second kappa shape index (κ2) is 5.09. The molecule has 6 nitrogen and oxygen atoms in total. The summed E-state index contributed by atoms with van der Waals surface area (Å²) in [5.74, 6) is 1.37. The van der Waals surface area contributed by atoms with Gasteiger partial charge in [0.2, 0.25) is 5.95 Å². The van der Waals surface area contributed by atoms with Crippen molar-refractivity contribution < 1.29 is 0 Å². The largest absolute Gasteiger partial charge is 0.368 e. The zero-order valence-electron chi connectivity index (χ0n) is 11.3. The fraction of sp³-hybridized carbons (Fsp3) is 0.308. The van der Waals surface area contributed by atoms with Gasteiger partial charge in [-0.15, -0.1) is 11.3 Å². The monoisotopic (exact) mass is 288 g/mol. The molecule has 0 bridgehead atoms. The summed E-state index contributed by atoms with van der Waals surface area (Å²) in [6.07, 6.45) is 1.71. The molecule has 0 amide bonds. The average molecular weight is 288 g/mol. The summed E-state index contributed by atoms with van der Waals surface area (Å²) in [4.78, 5) is 9.70. The number of fused-ring (bicyclic) bond motifs is 1. The highest BCUT2D eigenvalue weighted by atomic mass is 32.1. The van der Waals surface area contributed by atoms with E-state index in [2.05, 4.69) is 56.8 Å². The van der Waals surface area contributed by atoms with Crippen molar-refractivity contribution in [3.05, 3.63) is 28.6 Å². The summed E-state index contributed by atoms with van der Waals surface area (Å²) >= 11 is 1.73. The topological polar surface area (TPSA) is 92.5 Å². The summed E-state index contributed by atoms with van der Waals surface area (Å²) in [6, 6.07) is 4.36. The van der Waals surface area contributed by atoms with Gasteiger partial charge >= 0.3 is 0 Å². The van der Waals surface area contributed by atoms with Crippen LogP contribution in [-0.4, -0.2) is 20.2 Å². The molecule has 3 aromatic rings. The van der Waals surface area contributed by atoms with Crippen LogP contribution in [0.2, 0.25) is 0 Å². The normalized spacial score (nSPS) is 12.9. The van der Waals surface area contributed by atoms with Gasteiger partial charge in [0.05, 0.1) is 17.6 Å². The smallest absolute Gasteiger partial charge is 0.224 e. The van der Waals surface area contributed by atoms with E-state index in [9.17, 15) is 0 Å². The lowest BCUT2D eigenvalue weighted by atomic mass is 10.0. The molecule has 4 N–H and O–H groups in total. The first-order valence-electron chi connectivity index (χ1n) is 6.41. The van der Waals surface area contributed by atoms with E-state index in [-0.39, 0.29) is 12.0 Å². The molecular weight excluding hydrogens is 272 g/mol. The molecule has 0 saturated heterocycles. The number of hydrogen-bond acceptors (Lipinski definition) is 6. The van der Waals surface area contributed by atoms with E-state index in [1.54, 1.807) is 17.5 Å². The van der Waals surface area contributed by atoms with Gasteiger partial charge in [-0.3, -0.25) is 5.10 Å². The number of rotatable bonds is 4. The highest BCUT2D eigenvalue weighted by Gasteiger charge is 2.19. The molecule has 0 spiro atoms. The van der Waals surface area contributed by atoms with E-state index in [1.165, 1.54) is 4.88 Å². The molecular formula is C13H16N6S. The maximum absolute atomic E-state index is 5.75. The summed E-state index contributed by atoms with van der Waals surface area (Å²) in [5, 5.41) is 13.2. The molecule has 20 heavy (non-hydrogen) atoms. The van der Waals surface area contributed by atoms with Gasteiger partial charge < -0.3 is 11.1 Å². The number of nitrogen functional groups attached to an aromatic ring is 1. The summed E-state index contributed by atoms with van der Waals surface area (Å²) in [6.45, 7) is 4.35. The van der Waals surface area contributed by atoms with Crippen LogP contribution in [0.3, 0.4) is 0 Å². The van der Waals surface area contributed by atoms with Crippen molar-refractivity contribution in [2.24, 2.45) is 5.92 Å². The Kier molecular flexibility index (Phi) is 3.27. The van der Waals surface area contributed by atoms with Crippen molar-refractivity contribution in [3.63, 3.8) is 0 Å². The van der Waals surface area contributed by atoms with Crippen molar-refractivity contribution in [1.29, 1.82) is 0 Å². The van der Waals surface area contributed by atoms with E-state index in [1.807, 2.05) is 0 Å². The molecule has 3 rings (SSSR count). The Balaban J connectivity index is 2.00. The minimum atomic E-state index is 0.183. The van der Waals surface area contributed by atoms with Crippen LogP contribution in [0.1, 0.15) is 24.8 Å². The molecule has 0 saturated carbocycles. The quantitative estimate of drug-likeness (QED) is 0.686. The fourth-order valence-corrected chi connectivity index (χ4v) is 3.09. The first-order valence-corrected chi connectivity index (χ1v) is 7.29. The molecule has 1 atom stereocenters. The third kappa shape index (κ3) is 2.32. The van der Waals surface area contributed by atoms with Crippen molar-refractivity contribution in [1.82, 2.24) is 20.2 Å². The predicted octanol–water partition coefficient (Wildman–Crippen LogP) is 2.81. The molecule has 0 aliphatic carbocycles. The van der Waals surface area contributed by atoms with Gasteiger partial charge in [-0.05, 0) is 17.4 Å². The first kappa shape index (κ1) is 12.9. The number of nitrogens with two attached hydrogens (primary N) is 1. The highest BCUT2D eigenvalue weighted by Crippen LogP contribution is 2.31. The number of aromatic amines is 1. The number of anilines is 2. The fourth-order valence-electron chi connectivity index (χ4n) is 2.14. The van der Waals surface area contributed by atoms with Crippen LogP contribution in [0, 0.1) is 5.92 Å². The second-order valence-electron chi connectivity index (χ2n) is 4.94. The highest BCUT2D eigenvalue weighted by molar-refractivity contribution is 7.10. The summed E-state index contributed by atoms with van der Waals surface area (Å²) in [5.41, 5.74) is 6.39. The molecule has 0 aliphatic heterocycles. The molecule has 0 radical (unpaired) electrons. The molecule has 3 heterocycles. The minimum absolute atomic E-state index is 0.183. The van der Waals surface area contributed by atoms with Crippen LogP contribution < -0.4 is 11.1 Å². The Labute approximate surface area is 120 Å². The average Bonchev–Trinajstić information content (AvgIpc) is 3.05. The molecule has 0 aromatic carbocycles. The lowest BCUT2D eigenvalue weighted by molar-refractivity contribution is 0.552. The van der Waals surface area contributed by atoms with Crippen LogP contribution >= 0.6 is 11.3 Å². The number of nitrogens with one attached hydrogen (secondary N) is 2. The third-order valence-electron chi connectivity index (χ3n) is 3.14. The van der Waals surface area contributed by atoms with E-state index >= 15 is 0 Å². The Bertz CT molecular complexity index is 703. The third-order valence-corrected chi connectivity index (χ3v) is 4.09. The van der Waals surface area contributed by atoms with E-state index < -0.39 is 0 Å². The van der Waals surface area contributed by atoms with Crippen LogP contribution in [0.15, 0.2) is 23.7 Å². The number of hydrogen-bond donors (Lipinski definition) is 3. The van der Waals surface area contributed by atoms with Crippen molar-refractivity contribution >= 4 is 34.1 Å². The van der Waals surface area contributed by atoms with Gasteiger partial charge in [0.1, 0.15) is 5.82 Å². The zero-order valence-corrected chi connectivity index (χ0v) is 12.1. The lowest BCUT2D eigenvalue weighted by Gasteiger charge is -2.22. The van der Waals surface area contributed by atoms with E-state index in [0.717, 1.165) is 5.39 Å². The predicted molar refractivity (Wildman–Crippen MR) is 81.6 cm³/mol. The zero-order chi connectivity index (χ0) is 14.1. The first-order chi connectivity index (χ1) is 9.65. The minimum Gasteiger partial charge on any atom is -0.368 e. The van der Waals surface area contributed by atoms with Crippen LogP contribution in [0.25, 0.3) is 11.0 Å². The molecule has 3 aromatic heterocycles. The Morgan fingerprint density at radius 3 is 2.90 bits per heavy atom.